The van der Waals surface area contributed by atoms with Crippen LogP contribution in [-0.4, -0.2) is 13.4 Å². The van der Waals surface area contributed by atoms with Crippen LogP contribution in [-0.2, 0) is 10.0 Å². The fraction of sp³-hybridized carbons (Fsp3) is 0.167. The van der Waals surface area contributed by atoms with Crippen molar-refractivity contribution >= 4 is 33.2 Å². The van der Waals surface area contributed by atoms with Gasteiger partial charge in [-0.3, -0.25) is 0 Å². The largest absolute Gasteiger partial charge is 0.266 e. The van der Waals surface area contributed by atoms with E-state index in [1.54, 1.807) is 0 Å². The summed E-state index contributed by atoms with van der Waals surface area (Å²) in [6, 6.07) is 0. The van der Waals surface area contributed by atoms with Crippen LogP contribution in [0.15, 0.2) is 11.1 Å². The predicted molar refractivity (Wildman–Crippen MR) is 50.6 cm³/mol. The average molecular weight is 277 g/mol. The van der Waals surface area contributed by atoms with Crippen LogP contribution in [0.4, 0.5) is 8.78 Å². The number of nitrogens with zero attached hydrogens (tertiary/aromatic N) is 1. The van der Waals surface area contributed by atoms with Crippen LogP contribution in [0.5, 0.6) is 0 Å². The summed E-state index contributed by atoms with van der Waals surface area (Å²) in [6.45, 7) is 0. The van der Waals surface area contributed by atoms with Crippen LogP contribution >= 0.6 is 23.2 Å². The van der Waals surface area contributed by atoms with Gasteiger partial charge in [-0.15, -0.1) is 0 Å². The van der Waals surface area contributed by atoms with Crippen LogP contribution < -0.4 is 5.14 Å². The molecule has 0 aliphatic heterocycles. The number of hydrogen-bond donors (Lipinski definition) is 1. The van der Waals surface area contributed by atoms with Gasteiger partial charge in [0.25, 0.3) is 6.43 Å². The smallest absolute Gasteiger partial charge is 0.242 e. The highest BCUT2D eigenvalue weighted by molar-refractivity contribution is 7.89. The van der Waals surface area contributed by atoms with E-state index in [1.807, 2.05) is 0 Å². The monoisotopic (exact) mass is 276 g/mol. The molecule has 1 rings (SSSR count). The van der Waals surface area contributed by atoms with Gasteiger partial charge in [0, 0.05) is 6.20 Å². The molecule has 1 heterocycles. The first-order chi connectivity index (χ1) is 6.75. The molecule has 9 heteroatoms. The summed E-state index contributed by atoms with van der Waals surface area (Å²) in [7, 11) is -4.39. The summed E-state index contributed by atoms with van der Waals surface area (Å²) in [4.78, 5) is 2.39. The first-order valence-corrected chi connectivity index (χ1v) is 5.70. The van der Waals surface area contributed by atoms with Crippen LogP contribution in [0.3, 0.4) is 0 Å². The lowest BCUT2D eigenvalue weighted by molar-refractivity contribution is 0.148. The molecule has 0 unspecified atom stereocenters. The number of pyridine rings is 1. The lowest BCUT2D eigenvalue weighted by Gasteiger charge is -2.09. The summed E-state index contributed by atoms with van der Waals surface area (Å²) in [5.74, 6) is 0. The normalized spacial score (nSPS) is 12.1. The zero-order valence-electron chi connectivity index (χ0n) is 6.92. The summed E-state index contributed by atoms with van der Waals surface area (Å²) < 4.78 is 47.0. The number of primary sulfonamides is 1. The molecule has 0 bridgehead atoms. The third-order valence-corrected chi connectivity index (χ3v) is 3.17. The molecule has 0 aliphatic rings. The Morgan fingerprint density at radius 1 is 1.40 bits per heavy atom. The Morgan fingerprint density at radius 2 is 1.93 bits per heavy atom. The molecule has 0 spiro atoms. The summed E-state index contributed by atoms with van der Waals surface area (Å²) in [5, 5.41) is 3.59. The quantitative estimate of drug-likeness (QED) is 0.840. The molecule has 1 aromatic heterocycles. The highest BCUT2D eigenvalue weighted by atomic mass is 35.5. The number of halogens is 4. The minimum Gasteiger partial charge on any atom is -0.242 e. The van der Waals surface area contributed by atoms with Gasteiger partial charge in [0.2, 0.25) is 10.0 Å². The molecule has 2 N–H and O–H groups in total. The molecule has 1 aromatic rings. The number of aromatic nitrogens is 1. The van der Waals surface area contributed by atoms with Gasteiger partial charge in [-0.2, -0.15) is 0 Å². The van der Waals surface area contributed by atoms with Gasteiger partial charge in [-0.05, 0) is 0 Å². The van der Waals surface area contributed by atoms with E-state index in [2.05, 4.69) is 4.98 Å². The van der Waals surface area contributed by atoms with Crippen molar-refractivity contribution in [2.24, 2.45) is 5.14 Å². The van der Waals surface area contributed by atoms with Crippen molar-refractivity contribution in [3.8, 4) is 0 Å². The van der Waals surface area contributed by atoms with Crippen molar-refractivity contribution in [3.63, 3.8) is 0 Å². The number of hydrogen-bond acceptors (Lipinski definition) is 3. The first-order valence-electron chi connectivity index (χ1n) is 3.40. The highest BCUT2D eigenvalue weighted by Crippen LogP contribution is 2.35. The third kappa shape index (κ3) is 2.54. The molecule has 4 nitrogen and oxygen atoms in total. The molecule has 0 aromatic carbocycles. The van der Waals surface area contributed by atoms with Crippen molar-refractivity contribution < 1.29 is 17.2 Å². The number of nitrogens with two attached hydrogens (primary N) is 1. The Labute approximate surface area is 94.1 Å². The Balaban J connectivity index is 3.68. The number of sulfonamides is 1. The Morgan fingerprint density at radius 3 is 2.27 bits per heavy atom. The van der Waals surface area contributed by atoms with Crippen LogP contribution in [0.1, 0.15) is 12.0 Å². The summed E-state index contributed by atoms with van der Waals surface area (Å²) in [6.07, 6.45) is -2.27. The van der Waals surface area contributed by atoms with E-state index in [1.165, 1.54) is 0 Å². The van der Waals surface area contributed by atoms with Gasteiger partial charge in [-0.25, -0.2) is 27.3 Å². The fourth-order valence-electron chi connectivity index (χ4n) is 0.935. The van der Waals surface area contributed by atoms with E-state index in [-0.39, 0.29) is 0 Å². The van der Waals surface area contributed by atoms with Crippen LogP contribution in [0.2, 0.25) is 10.2 Å². The van der Waals surface area contributed by atoms with E-state index < -0.39 is 37.1 Å². The highest BCUT2D eigenvalue weighted by Gasteiger charge is 2.27. The van der Waals surface area contributed by atoms with E-state index in [4.69, 9.17) is 28.3 Å². The predicted octanol–water partition coefficient (Wildman–Crippen LogP) is 1.97. The van der Waals surface area contributed by atoms with Gasteiger partial charge in [0.1, 0.15) is 10.0 Å². The Hall–Kier alpha value is -0.500. The minimum absolute atomic E-state index is 0.501. The van der Waals surface area contributed by atoms with E-state index in [9.17, 15) is 17.2 Å². The van der Waals surface area contributed by atoms with Crippen molar-refractivity contribution in [2.75, 3.05) is 0 Å². The molecular weight excluding hydrogens is 273 g/mol. The van der Waals surface area contributed by atoms with Crippen LogP contribution in [0.25, 0.3) is 0 Å². The van der Waals surface area contributed by atoms with Crippen molar-refractivity contribution in [1.29, 1.82) is 0 Å². The zero-order chi connectivity index (χ0) is 11.8. The molecule has 15 heavy (non-hydrogen) atoms. The van der Waals surface area contributed by atoms with Gasteiger partial charge in [0.15, 0.2) is 0 Å². The van der Waals surface area contributed by atoms with E-state index >= 15 is 0 Å². The zero-order valence-corrected chi connectivity index (χ0v) is 9.24. The Bertz CT molecular complexity index is 492. The molecule has 0 saturated heterocycles. The molecule has 0 saturated carbocycles. The molecule has 0 radical (unpaired) electrons. The van der Waals surface area contributed by atoms with Gasteiger partial charge < -0.3 is 0 Å². The van der Waals surface area contributed by atoms with Gasteiger partial charge in [-0.1, -0.05) is 23.2 Å². The molecular formula is C6H4Cl2F2N2O2S. The second kappa shape index (κ2) is 4.17. The minimum atomic E-state index is -4.39. The molecule has 0 aliphatic carbocycles. The van der Waals surface area contributed by atoms with Crippen molar-refractivity contribution in [3.05, 3.63) is 21.9 Å². The molecule has 84 valence electrons. The maximum atomic E-state index is 12.5. The molecule has 0 amide bonds. The molecule has 0 fully saturated rings. The second-order valence-electron chi connectivity index (χ2n) is 2.49. The topological polar surface area (TPSA) is 73.1 Å². The lowest BCUT2D eigenvalue weighted by Crippen LogP contribution is -2.16. The maximum Gasteiger partial charge on any atom is 0.266 e. The summed E-state index contributed by atoms with van der Waals surface area (Å²) in [5.41, 5.74) is -0.931. The van der Waals surface area contributed by atoms with Crippen LogP contribution in [0, 0.1) is 0 Å². The summed E-state index contributed by atoms with van der Waals surface area (Å²) >= 11 is 10.7. The van der Waals surface area contributed by atoms with E-state index in [0.717, 1.165) is 6.20 Å². The average Bonchev–Trinajstić information content (AvgIpc) is 2.05. The Kier molecular flexibility index (Phi) is 3.49. The SMILES string of the molecule is NS(=O)(=O)c1c(Cl)ncc(Cl)c1C(F)F. The maximum absolute atomic E-state index is 12.5. The molecule has 0 atom stereocenters. The standard InChI is InChI=1S/C6H4Cl2F2N2O2S/c7-2-1-12-5(8)4(15(11,13)14)3(2)6(9)10/h1,6H,(H2,11,13,14). The van der Waals surface area contributed by atoms with Gasteiger partial charge >= 0.3 is 0 Å². The fourth-order valence-corrected chi connectivity index (χ4v) is 2.48. The van der Waals surface area contributed by atoms with E-state index in [0.29, 0.717) is 0 Å². The third-order valence-electron chi connectivity index (χ3n) is 1.48. The number of rotatable bonds is 2. The first kappa shape index (κ1) is 12.6. The number of alkyl halides is 2. The lowest BCUT2D eigenvalue weighted by atomic mass is 10.3. The van der Waals surface area contributed by atoms with Crippen molar-refractivity contribution in [1.82, 2.24) is 4.98 Å². The second-order valence-corrected chi connectivity index (χ2v) is 4.75. The van der Waals surface area contributed by atoms with Gasteiger partial charge in [0.05, 0.1) is 10.6 Å². The van der Waals surface area contributed by atoms with Crippen molar-refractivity contribution in [2.45, 2.75) is 11.3 Å².